The first-order valence-electron chi connectivity index (χ1n) is 7.56. The first kappa shape index (κ1) is 13.7. The molecule has 4 rings (SSSR count). The zero-order valence-corrected chi connectivity index (χ0v) is 12.0. The molecule has 5 heteroatoms. The number of aliphatic hydroxyl groups is 1. The van der Waals surface area contributed by atoms with E-state index >= 15 is 0 Å². The summed E-state index contributed by atoms with van der Waals surface area (Å²) in [5.74, 6) is 0.801. The number of ether oxygens (including phenoxy) is 1. The summed E-state index contributed by atoms with van der Waals surface area (Å²) in [5, 5.41) is 20.7. The Kier molecular flexibility index (Phi) is 3.13. The van der Waals surface area contributed by atoms with E-state index in [1.54, 1.807) is 12.1 Å². The number of nitrogens with zero attached hydrogens (tertiary/aromatic N) is 1. The third kappa shape index (κ3) is 1.79. The van der Waals surface area contributed by atoms with E-state index < -0.39 is 0 Å². The number of nitro benzene ring substituents is 1. The second-order valence-electron chi connectivity index (χ2n) is 6.13. The van der Waals surface area contributed by atoms with Crippen LogP contribution >= 0.6 is 0 Å². The minimum atomic E-state index is -0.321. The van der Waals surface area contributed by atoms with Gasteiger partial charge in [0, 0.05) is 35.3 Å². The molecule has 22 heavy (non-hydrogen) atoms. The Morgan fingerprint density at radius 2 is 2.09 bits per heavy atom. The zero-order valence-electron chi connectivity index (χ0n) is 12.0. The van der Waals surface area contributed by atoms with Crippen molar-refractivity contribution in [1.82, 2.24) is 0 Å². The average molecular weight is 299 g/mol. The van der Waals surface area contributed by atoms with Gasteiger partial charge < -0.3 is 9.84 Å². The molecule has 1 aromatic rings. The highest BCUT2D eigenvalue weighted by atomic mass is 16.6. The maximum absolute atomic E-state index is 11.3. The molecule has 3 aliphatic rings. The van der Waals surface area contributed by atoms with Gasteiger partial charge >= 0.3 is 0 Å². The fourth-order valence-corrected chi connectivity index (χ4v) is 4.29. The van der Waals surface area contributed by atoms with Crippen LogP contribution in [0.2, 0.25) is 0 Å². The van der Waals surface area contributed by atoms with Crippen LogP contribution in [0.15, 0.2) is 48.1 Å². The third-order valence-corrected chi connectivity index (χ3v) is 5.22. The maximum Gasteiger partial charge on any atom is 0.273 e. The van der Waals surface area contributed by atoms with Crippen LogP contribution < -0.4 is 0 Å². The molecule has 2 bridgehead atoms. The molecule has 0 aromatic heterocycles. The molecule has 1 aromatic carbocycles. The molecule has 0 radical (unpaired) electrons. The summed E-state index contributed by atoms with van der Waals surface area (Å²) in [6, 6.07) is 6.92. The molecule has 1 N–H and O–H groups in total. The summed E-state index contributed by atoms with van der Waals surface area (Å²) in [6.07, 6.45) is 6.21. The van der Waals surface area contributed by atoms with Crippen molar-refractivity contribution in [3.63, 3.8) is 0 Å². The van der Waals surface area contributed by atoms with Crippen LogP contribution in [-0.2, 0) is 4.74 Å². The highest BCUT2D eigenvalue weighted by Crippen LogP contribution is 2.57. The van der Waals surface area contributed by atoms with Gasteiger partial charge in [-0.15, -0.1) is 0 Å². The van der Waals surface area contributed by atoms with E-state index in [4.69, 9.17) is 4.74 Å². The molecule has 114 valence electrons. The fourth-order valence-electron chi connectivity index (χ4n) is 4.29. The molecule has 1 aliphatic heterocycles. The van der Waals surface area contributed by atoms with E-state index in [2.05, 4.69) is 12.2 Å². The minimum absolute atomic E-state index is 0.000778. The summed E-state index contributed by atoms with van der Waals surface area (Å²) in [6.45, 7) is 0.738. The van der Waals surface area contributed by atoms with Gasteiger partial charge in [-0.3, -0.25) is 10.1 Å². The predicted molar refractivity (Wildman–Crippen MR) is 80.4 cm³/mol. The number of benzene rings is 1. The van der Waals surface area contributed by atoms with Gasteiger partial charge in [0.25, 0.3) is 5.69 Å². The summed E-state index contributed by atoms with van der Waals surface area (Å²) in [4.78, 5) is 11.0. The van der Waals surface area contributed by atoms with Gasteiger partial charge in [-0.1, -0.05) is 42.0 Å². The number of para-hydroxylation sites is 1. The van der Waals surface area contributed by atoms with Crippen molar-refractivity contribution in [2.45, 2.75) is 12.0 Å². The van der Waals surface area contributed by atoms with Crippen molar-refractivity contribution in [3.8, 4) is 0 Å². The number of nitro groups is 1. The Balaban J connectivity index is 1.81. The summed E-state index contributed by atoms with van der Waals surface area (Å²) in [7, 11) is 0. The smallest absolute Gasteiger partial charge is 0.273 e. The molecule has 1 saturated heterocycles. The van der Waals surface area contributed by atoms with Crippen molar-refractivity contribution in [1.29, 1.82) is 0 Å². The quantitative estimate of drug-likeness (QED) is 0.528. The summed E-state index contributed by atoms with van der Waals surface area (Å²) >= 11 is 0. The Morgan fingerprint density at radius 1 is 1.32 bits per heavy atom. The summed E-state index contributed by atoms with van der Waals surface area (Å²) in [5.41, 5.74) is 2.06. The summed E-state index contributed by atoms with van der Waals surface area (Å²) < 4.78 is 5.76. The van der Waals surface area contributed by atoms with Crippen LogP contribution in [-0.4, -0.2) is 29.3 Å². The first-order valence-corrected chi connectivity index (χ1v) is 7.56. The predicted octanol–water partition coefficient (Wildman–Crippen LogP) is 2.43. The lowest BCUT2D eigenvalue weighted by molar-refractivity contribution is -0.385. The number of allylic oxidation sites excluding steroid dienone is 2. The van der Waals surface area contributed by atoms with Crippen molar-refractivity contribution in [2.75, 3.05) is 13.2 Å². The van der Waals surface area contributed by atoms with Crippen LogP contribution in [0, 0.1) is 27.9 Å². The number of fused-ring (bicyclic) bond motifs is 5. The molecule has 1 heterocycles. The molecule has 0 amide bonds. The molecule has 5 atom stereocenters. The molecule has 5 nitrogen and oxygen atoms in total. The van der Waals surface area contributed by atoms with E-state index in [0.29, 0.717) is 11.8 Å². The molecular weight excluding hydrogens is 282 g/mol. The Morgan fingerprint density at radius 3 is 2.77 bits per heavy atom. The molecule has 0 spiro atoms. The van der Waals surface area contributed by atoms with Crippen molar-refractivity contribution < 1.29 is 14.8 Å². The van der Waals surface area contributed by atoms with Crippen LogP contribution in [0.5, 0.6) is 0 Å². The minimum Gasteiger partial charge on any atom is -0.392 e. The van der Waals surface area contributed by atoms with Gasteiger partial charge in [0.2, 0.25) is 0 Å². The largest absolute Gasteiger partial charge is 0.392 e. The highest BCUT2D eigenvalue weighted by molar-refractivity contribution is 5.49. The zero-order chi connectivity index (χ0) is 15.3. The Labute approximate surface area is 128 Å². The van der Waals surface area contributed by atoms with Crippen molar-refractivity contribution in [2.24, 2.45) is 17.8 Å². The second-order valence-corrected chi connectivity index (χ2v) is 6.13. The van der Waals surface area contributed by atoms with Gasteiger partial charge in [0.15, 0.2) is 0 Å². The lowest BCUT2D eigenvalue weighted by Crippen LogP contribution is -2.41. The van der Waals surface area contributed by atoms with Crippen LogP contribution in [0.1, 0.15) is 11.5 Å². The van der Waals surface area contributed by atoms with Crippen LogP contribution in [0.4, 0.5) is 5.69 Å². The van der Waals surface area contributed by atoms with Crippen molar-refractivity contribution >= 4 is 5.69 Å². The monoisotopic (exact) mass is 299 g/mol. The van der Waals surface area contributed by atoms with Gasteiger partial charge in [-0.2, -0.15) is 0 Å². The number of aliphatic hydroxyl groups excluding tert-OH is 1. The first-order chi connectivity index (χ1) is 10.7. The van der Waals surface area contributed by atoms with E-state index in [1.807, 2.05) is 18.2 Å². The standard InChI is InChI=1S/C17H17NO4/c19-8-7-13-10-5-6-12(16(13)17-14(10)9-22-17)11-3-1-2-4-15(11)18(20)21/h1-7,10,12,14,16-17,19H,8-9H2/t10-,12-,14-,16+,17-/m0/s1. The van der Waals surface area contributed by atoms with Gasteiger partial charge in [-0.25, -0.2) is 0 Å². The number of rotatable bonds is 3. The van der Waals surface area contributed by atoms with E-state index in [1.165, 1.54) is 5.57 Å². The normalized spacial score (nSPS) is 37.0. The molecule has 2 aliphatic carbocycles. The van der Waals surface area contributed by atoms with Crippen LogP contribution in [0.3, 0.4) is 0 Å². The Hall–Kier alpha value is -1.98. The second kappa shape index (κ2) is 5.04. The fraction of sp³-hybridized carbons (Fsp3) is 0.412. The van der Waals surface area contributed by atoms with E-state index in [9.17, 15) is 15.2 Å². The SMILES string of the molecule is O=[N+]([O-])c1ccccc1[C@@H]1C=C[C@H]2C(=CCO)[C@@H]1[C@H]1OC[C@H]12. The third-order valence-electron chi connectivity index (χ3n) is 5.22. The van der Waals surface area contributed by atoms with Gasteiger partial charge in [-0.05, 0) is 0 Å². The molecular formula is C17H17NO4. The van der Waals surface area contributed by atoms with E-state index in [-0.39, 0.29) is 35.2 Å². The lowest BCUT2D eigenvalue weighted by atomic mass is 9.76. The van der Waals surface area contributed by atoms with Gasteiger partial charge in [0.1, 0.15) is 0 Å². The lowest BCUT2D eigenvalue weighted by Gasteiger charge is -2.36. The Bertz CT molecular complexity index is 681. The van der Waals surface area contributed by atoms with E-state index in [0.717, 1.165) is 12.2 Å². The maximum atomic E-state index is 11.3. The molecule has 0 unspecified atom stereocenters. The van der Waals surface area contributed by atoms with Crippen molar-refractivity contribution in [3.05, 3.63) is 63.7 Å². The average Bonchev–Trinajstić information content (AvgIpc) is 2.61. The number of hydrogen-bond donors (Lipinski definition) is 1. The van der Waals surface area contributed by atoms with Gasteiger partial charge in [0.05, 0.1) is 24.2 Å². The molecule has 1 saturated carbocycles. The topological polar surface area (TPSA) is 72.6 Å². The highest BCUT2D eigenvalue weighted by Gasteiger charge is 2.56. The molecule has 2 fully saturated rings. The number of hydrogen-bond acceptors (Lipinski definition) is 4. The van der Waals surface area contributed by atoms with Crippen LogP contribution in [0.25, 0.3) is 0 Å².